The zero-order valence-electron chi connectivity index (χ0n) is 16.5. The van der Waals surface area contributed by atoms with Gasteiger partial charge in [-0.15, -0.1) is 5.92 Å². The molecule has 1 fully saturated rings. The fourth-order valence-corrected chi connectivity index (χ4v) is 3.10. The first kappa shape index (κ1) is 21.4. The Hall–Kier alpha value is -3.27. The summed E-state index contributed by atoms with van der Waals surface area (Å²) in [7, 11) is 3.12. The molecule has 3 rings (SSSR count). The Balaban J connectivity index is 2.14. The maximum atomic E-state index is 12.9. The number of alkyl halides is 3. The first-order valence-corrected chi connectivity index (χ1v) is 8.98. The van der Waals surface area contributed by atoms with E-state index in [1.165, 1.54) is 21.1 Å². The van der Waals surface area contributed by atoms with Crippen molar-refractivity contribution in [2.24, 2.45) is 7.05 Å². The Bertz CT molecular complexity index is 1080. The van der Waals surface area contributed by atoms with Crippen molar-refractivity contribution < 1.29 is 22.7 Å². The number of halogens is 3. The number of piperazine rings is 1. The van der Waals surface area contributed by atoms with Crippen LogP contribution in [0.1, 0.15) is 6.92 Å². The Morgan fingerprint density at radius 1 is 1.40 bits per heavy atom. The molecule has 2 aromatic rings. The number of nitrogens with zero attached hydrogens (tertiary/aromatic N) is 5. The van der Waals surface area contributed by atoms with E-state index < -0.39 is 23.9 Å². The predicted molar refractivity (Wildman–Crippen MR) is 102 cm³/mol. The highest BCUT2D eigenvalue weighted by Crippen LogP contribution is 2.25. The van der Waals surface area contributed by atoms with E-state index in [0.29, 0.717) is 6.54 Å². The molecule has 0 radical (unpaired) electrons. The number of aromatic nitrogens is 4. The summed E-state index contributed by atoms with van der Waals surface area (Å²) in [4.78, 5) is 34.4. The highest BCUT2D eigenvalue weighted by Gasteiger charge is 2.44. The van der Waals surface area contributed by atoms with Crippen LogP contribution in [0.5, 0.6) is 0 Å². The highest BCUT2D eigenvalue weighted by molar-refractivity contribution is 5.77. The Kier molecular flexibility index (Phi) is 5.88. The number of carbonyl (C=O) groups is 1. The molecule has 0 spiro atoms. The van der Waals surface area contributed by atoms with Crippen LogP contribution in [0, 0.1) is 11.8 Å². The summed E-state index contributed by atoms with van der Waals surface area (Å²) in [5.74, 6) is 3.66. The maximum absolute atomic E-state index is 12.9. The van der Waals surface area contributed by atoms with Crippen molar-refractivity contribution in [2.75, 3.05) is 36.9 Å². The van der Waals surface area contributed by atoms with Gasteiger partial charge in [0.1, 0.15) is 0 Å². The minimum Gasteiger partial charge on any atom is -0.433 e. The third-order valence-corrected chi connectivity index (χ3v) is 4.53. The lowest BCUT2D eigenvalue weighted by molar-refractivity contribution is -0.205. The summed E-state index contributed by atoms with van der Waals surface area (Å²) in [6.45, 7) is 2.24. The van der Waals surface area contributed by atoms with Gasteiger partial charge in [0.2, 0.25) is 11.9 Å². The standard InChI is InChI=1S/C17H20F3N7O3/c1-4-5-7-27-11-12(23-15(21-2)25(3)13(11)28)24-16(27)26-8-6-22-9-10(26)30-14(29)17(18,19)20/h10,22H,6-9H2,1-3H3,(H,21,23). The molecule has 0 saturated carbocycles. The molecule has 2 aromatic heterocycles. The van der Waals surface area contributed by atoms with Crippen LogP contribution in [0.4, 0.5) is 25.1 Å². The second-order valence-corrected chi connectivity index (χ2v) is 6.40. The molecule has 0 bridgehead atoms. The number of hydrogen-bond acceptors (Lipinski definition) is 8. The van der Waals surface area contributed by atoms with Crippen molar-refractivity contribution in [1.82, 2.24) is 24.4 Å². The summed E-state index contributed by atoms with van der Waals surface area (Å²) in [5, 5.41) is 5.67. The predicted octanol–water partition coefficient (Wildman–Crippen LogP) is 0.0362. The van der Waals surface area contributed by atoms with Crippen molar-refractivity contribution >= 4 is 29.0 Å². The number of hydrogen-bond donors (Lipinski definition) is 2. The van der Waals surface area contributed by atoms with Crippen molar-refractivity contribution in [2.45, 2.75) is 25.9 Å². The lowest BCUT2D eigenvalue weighted by Crippen LogP contribution is -2.55. The van der Waals surface area contributed by atoms with Gasteiger partial charge in [-0.05, 0) is 6.92 Å². The van der Waals surface area contributed by atoms with Gasteiger partial charge in [-0.2, -0.15) is 23.1 Å². The molecular formula is C17H20F3N7O3. The van der Waals surface area contributed by atoms with Crippen molar-refractivity contribution in [3.63, 3.8) is 0 Å². The minimum atomic E-state index is -5.13. The molecule has 13 heteroatoms. The van der Waals surface area contributed by atoms with Gasteiger partial charge < -0.3 is 20.3 Å². The van der Waals surface area contributed by atoms with Gasteiger partial charge in [0.15, 0.2) is 17.4 Å². The molecular weight excluding hydrogens is 407 g/mol. The van der Waals surface area contributed by atoms with Crippen LogP contribution in [0.15, 0.2) is 4.79 Å². The zero-order chi connectivity index (χ0) is 22.1. The van der Waals surface area contributed by atoms with Gasteiger partial charge in [0.25, 0.3) is 5.56 Å². The molecule has 162 valence electrons. The number of rotatable bonds is 4. The van der Waals surface area contributed by atoms with E-state index in [4.69, 9.17) is 0 Å². The average molecular weight is 427 g/mol. The summed E-state index contributed by atoms with van der Waals surface area (Å²) in [5.41, 5.74) is -0.150. The van der Waals surface area contributed by atoms with Gasteiger partial charge in [-0.3, -0.25) is 13.9 Å². The second kappa shape index (κ2) is 8.23. The third kappa shape index (κ3) is 3.90. The molecule has 30 heavy (non-hydrogen) atoms. The van der Waals surface area contributed by atoms with Gasteiger partial charge in [-0.25, -0.2) is 4.79 Å². The lowest BCUT2D eigenvalue weighted by atomic mass is 10.3. The molecule has 1 unspecified atom stereocenters. The Labute approximate surface area is 169 Å². The lowest BCUT2D eigenvalue weighted by Gasteiger charge is -2.36. The molecule has 2 N–H and O–H groups in total. The van der Waals surface area contributed by atoms with Crippen LogP contribution < -0.4 is 21.1 Å². The number of esters is 1. The van der Waals surface area contributed by atoms with Crippen LogP contribution in [0.2, 0.25) is 0 Å². The van der Waals surface area contributed by atoms with E-state index in [1.54, 1.807) is 14.0 Å². The zero-order valence-corrected chi connectivity index (χ0v) is 16.5. The fourth-order valence-electron chi connectivity index (χ4n) is 3.10. The molecule has 1 saturated heterocycles. The van der Waals surface area contributed by atoms with Crippen molar-refractivity contribution in [3.8, 4) is 11.8 Å². The van der Waals surface area contributed by atoms with E-state index in [2.05, 4.69) is 37.2 Å². The number of nitrogens with one attached hydrogen (secondary N) is 2. The SMILES string of the molecule is CC#CCn1c(N2CCNCC2OC(=O)C(F)(F)F)nc2nc(NC)n(C)c(=O)c21. The van der Waals surface area contributed by atoms with E-state index in [9.17, 15) is 22.8 Å². The maximum Gasteiger partial charge on any atom is 0.491 e. The monoisotopic (exact) mass is 427 g/mol. The minimum absolute atomic E-state index is 0.0440. The number of anilines is 2. The van der Waals surface area contributed by atoms with E-state index >= 15 is 0 Å². The Morgan fingerprint density at radius 3 is 2.77 bits per heavy atom. The summed E-state index contributed by atoms with van der Waals surface area (Å²) in [6, 6.07) is 0. The number of fused-ring (bicyclic) bond motifs is 1. The van der Waals surface area contributed by atoms with Gasteiger partial charge in [0, 0.05) is 27.2 Å². The number of imidazole rings is 1. The summed E-state index contributed by atoms with van der Waals surface area (Å²) >= 11 is 0. The van der Waals surface area contributed by atoms with Gasteiger partial charge >= 0.3 is 12.1 Å². The summed E-state index contributed by atoms with van der Waals surface area (Å²) in [6.07, 6.45) is -6.40. The first-order chi connectivity index (χ1) is 14.2. The largest absolute Gasteiger partial charge is 0.491 e. The third-order valence-electron chi connectivity index (χ3n) is 4.53. The average Bonchev–Trinajstić information content (AvgIpc) is 3.07. The topological polar surface area (TPSA) is 106 Å². The molecule has 0 aromatic carbocycles. The molecule has 1 aliphatic heterocycles. The molecule has 10 nitrogen and oxygen atoms in total. The van der Waals surface area contributed by atoms with Gasteiger partial charge in [0.05, 0.1) is 13.1 Å². The van der Waals surface area contributed by atoms with E-state index in [0.717, 1.165) is 0 Å². The van der Waals surface area contributed by atoms with Crippen molar-refractivity contribution in [3.05, 3.63) is 10.4 Å². The van der Waals surface area contributed by atoms with Crippen LogP contribution in [0.3, 0.4) is 0 Å². The smallest absolute Gasteiger partial charge is 0.433 e. The Morgan fingerprint density at radius 2 is 2.13 bits per heavy atom. The number of ether oxygens (including phenoxy) is 1. The highest BCUT2D eigenvalue weighted by atomic mass is 19.4. The van der Waals surface area contributed by atoms with Crippen LogP contribution in [0.25, 0.3) is 11.2 Å². The molecule has 3 heterocycles. The fraction of sp³-hybridized carbons (Fsp3) is 0.529. The first-order valence-electron chi connectivity index (χ1n) is 8.98. The number of carbonyl (C=O) groups excluding carboxylic acids is 1. The molecule has 1 atom stereocenters. The van der Waals surface area contributed by atoms with Gasteiger partial charge in [-0.1, -0.05) is 5.92 Å². The molecule has 0 amide bonds. The summed E-state index contributed by atoms with van der Waals surface area (Å²) < 4.78 is 45.6. The van der Waals surface area contributed by atoms with Crippen LogP contribution in [-0.2, 0) is 23.1 Å². The molecule has 0 aliphatic carbocycles. The van der Waals surface area contributed by atoms with Crippen LogP contribution >= 0.6 is 0 Å². The van der Waals surface area contributed by atoms with E-state index in [1.807, 2.05) is 0 Å². The van der Waals surface area contributed by atoms with Crippen molar-refractivity contribution in [1.29, 1.82) is 0 Å². The second-order valence-electron chi connectivity index (χ2n) is 6.40. The van der Waals surface area contributed by atoms with Crippen LogP contribution in [-0.4, -0.2) is 64.2 Å². The molecule has 1 aliphatic rings. The normalized spacial score (nSPS) is 16.9. The van der Waals surface area contributed by atoms with E-state index in [-0.39, 0.29) is 42.7 Å². The quantitative estimate of drug-likeness (QED) is 0.520.